The third kappa shape index (κ3) is 3.13. The molecule has 25 heavy (non-hydrogen) atoms. The van der Waals surface area contributed by atoms with Gasteiger partial charge >= 0.3 is 0 Å². The number of rotatable bonds is 3. The Morgan fingerprint density at radius 2 is 2.00 bits per heavy atom. The first-order chi connectivity index (χ1) is 12.2. The number of halogens is 1. The molecule has 1 unspecified atom stereocenters. The Labute approximate surface area is 157 Å². The molecule has 0 N–H and O–H groups in total. The van der Waals surface area contributed by atoms with Crippen LogP contribution >= 0.6 is 22.9 Å². The summed E-state index contributed by atoms with van der Waals surface area (Å²) in [6.45, 7) is 5.50. The second kappa shape index (κ2) is 6.93. The van der Waals surface area contributed by atoms with Gasteiger partial charge in [-0.3, -0.25) is 0 Å². The zero-order valence-electron chi connectivity index (χ0n) is 14.6. The van der Waals surface area contributed by atoms with Gasteiger partial charge in [0.25, 0.3) is 0 Å². The second-order valence-corrected chi connectivity index (χ2v) is 7.93. The molecule has 5 heteroatoms. The molecular weight excluding hydrogens is 350 g/mol. The fourth-order valence-electron chi connectivity index (χ4n) is 3.65. The molecule has 1 aromatic carbocycles. The Hall–Kier alpha value is -1.65. The predicted octanol–water partition coefficient (Wildman–Crippen LogP) is 5.95. The van der Waals surface area contributed by atoms with E-state index in [4.69, 9.17) is 11.6 Å². The van der Waals surface area contributed by atoms with E-state index in [1.807, 2.05) is 0 Å². The number of anilines is 1. The number of piperidine rings is 1. The first-order valence-corrected chi connectivity index (χ1v) is 10.2. The molecule has 0 radical (unpaired) electrons. The Morgan fingerprint density at radius 3 is 2.72 bits per heavy atom. The lowest BCUT2D eigenvalue weighted by Gasteiger charge is -2.35. The largest absolute Gasteiger partial charge is 0.353 e. The van der Waals surface area contributed by atoms with Crippen LogP contribution in [-0.4, -0.2) is 22.6 Å². The van der Waals surface area contributed by atoms with E-state index in [9.17, 15) is 0 Å². The van der Waals surface area contributed by atoms with Gasteiger partial charge in [-0.15, -0.1) is 11.3 Å². The highest BCUT2D eigenvalue weighted by Gasteiger charge is 2.25. The Bertz CT molecular complexity index is 888. The van der Waals surface area contributed by atoms with Crippen molar-refractivity contribution in [2.45, 2.75) is 45.6 Å². The maximum Gasteiger partial charge on any atom is 0.225 e. The molecule has 130 valence electrons. The van der Waals surface area contributed by atoms with Crippen LogP contribution in [0.5, 0.6) is 0 Å². The van der Waals surface area contributed by atoms with Gasteiger partial charge in [0, 0.05) is 23.5 Å². The zero-order chi connectivity index (χ0) is 17.4. The summed E-state index contributed by atoms with van der Waals surface area (Å²) in [6.07, 6.45) is 4.75. The van der Waals surface area contributed by atoms with Gasteiger partial charge in [-0.25, -0.2) is 4.98 Å². The van der Waals surface area contributed by atoms with Gasteiger partial charge in [-0.05, 0) is 55.3 Å². The lowest BCUT2D eigenvalue weighted by atomic mass is 10.0. The monoisotopic (exact) mass is 371 g/mol. The molecule has 1 aliphatic heterocycles. The van der Waals surface area contributed by atoms with Crippen LogP contribution in [0.25, 0.3) is 21.3 Å². The summed E-state index contributed by atoms with van der Waals surface area (Å²) in [7, 11) is 0. The van der Waals surface area contributed by atoms with Crippen LogP contribution in [0.2, 0.25) is 5.28 Å². The van der Waals surface area contributed by atoms with Gasteiger partial charge in [0.15, 0.2) is 0 Å². The quantitative estimate of drug-likeness (QED) is 0.532. The van der Waals surface area contributed by atoms with Crippen molar-refractivity contribution in [3.63, 3.8) is 0 Å². The fraction of sp³-hybridized carbons (Fsp3) is 0.400. The Balaban J connectivity index is 1.88. The molecule has 1 saturated heterocycles. The van der Waals surface area contributed by atoms with Gasteiger partial charge < -0.3 is 4.90 Å². The topological polar surface area (TPSA) is 29.0 Å². The maximum atomic E-state index is 6.24. The molecule has 0 amide bonds. The minimum absolute atomic E-state index is 0.343. The third-order valence-electron chi connectivity index (χ3n) is 5.14. The molecule has 3 heterocycles. The molecule has 1 fully saturated rings. The molecule has 0 spiro atoms. The van der Waals surface area contributed by atoms with E-state index in [1.165, 1.54) is 36.0 Å². The summed E-state index contributed by atoms with van der Waals surface area (Å²) in [5, 5.41) is 3.68. The number of thiophene rings is 1. The fourth-order valence-corrected chi connectivity index (χ4v) is 4.81. The van der Waals surface area contributed by atoms with Crippen LogP contribution in [0.1, 0.15) is 38.7 Å². The highest BCUT2D eigenvalue weighted by atomic mass is 35.5. The van der Waals surface area contributed by atoms with Crippen molar-refractivity contribution in [3.05, 3.63) is 40.5 Å². The van der Waals surface area contributed by atoms with Crippen LogP contribution in [0.15, 0.2) is 29.6 Å². The molecule has 2 aromatic heterocycles. The molecule has 0 aliphatic carbocycles. The molecule has 0 bridgehead atoms. The van der Waals surface area contributed by atoms with E-state index < -0.39 is 0 Å². The predicted molar refractivity (Wildman–Crippen MR) is 108 cm³/mol. The van der Waals surface area contributed by atoms with Crippen molar-refractivity contribution in [2.24, 2.45) is 0 Å². The van der Waals surface area contributed by atoms with Crippen LogP contribution in [-0.2, 0) is 6.42 Å². The summed E-state index contributed by atoms with van der Waals surface area (Å²) >= 11 is 7.89. The number of aryl methyl sites for hydroxylation is 1. The molecule has 1 aliphatic rings. The number of hydrogen-bond acceptors (Lipinski definition) is 4. The number of aromatic nitrogens is 2. The molecule has 1 atom stereocenters. The Morgan fingerprint density at radius 1 is 1.20 bits per heavy atom. The van der Waals surface area contributed by atoms with Gasteiger partial charge in [-0.2, -0.15) is 4.98 Å². The van der Waals surface area contributed by atoms with Crippen molar-refractivity contribution in [2.75, 3.05) is 11.4 Å². The number of fused-ring (bicyclic) bond motifs is 1. The number of hydrogen-bond donors (Lipinski definition) is 0. The first kappa shape index (κ1) is 16.8. The van der Waals surface area contributed by atoms with E-state index in [2.05, 4.69) is 58.4 Å². The second-order valence-electron chi connectivity index (χ2n) is 6.73. The maximum absolute atomic E-state index is 6.24. The average molecular weight is 372 g/mol. The van der Waals surface area contributed by atoms with E-state index >= 15 is 0 Å². The van der Waals surface area contributed by atoms with Gasteiger partial charge in [0.05, 0.1) is 5.39 Å². The lowest BCUT2D eigenvalue weighted by molar-refractivity contribution is 0.482. The van der Waals surface area contributed by atoms with E-state index in [1.54, 1.807) is 11.3 Å². The summed E-state index contributed by atoms with van der Waals surface area (Å²) in [5.74, 6) is 0.998. The van der Waals surface area contributed by atoms with Crippen molar-refractivity contribution in [1.82, 2.24) is 9.97 Å². The van der Waals surface area contributed by atoms with Gasteiger partial charge in [-0.1, -0.05) is 31.2 Å². The summed E-state index contributed by atoms with van der Waals surface area (Å²) in [6, 6.07) is 9.31. The molecular formula is C20H22ClN3S. The van der Waals surface area contributed by atoms with Crippen LogP contribution in [0.4, 0.5) is 5.82 Å². The zero-order valence-corrected chi connectivity index (χ0v) is 16.2. The standard InChI is InChI=1S/C20H22ClN3S/c1-3-14-7-9-15(10-8-14)16-12-25-19-17(16)18(22-20(21)23-19)24-11-5-4-6-13(24)2/h7-10,12-13H,3-6,11H2,1-2H3. The van der Waals surface area contributed by atoms with E-state index in [-0.39, 0.29) is 0 Å². The molecule has 0 saturated carbocycles. The molecule has 3 aromatic rings. The highest BCUT2D eigenvalue weighted by Crippen LogP contribution is 2.40. The third-order valence-corrected chi connectivity index (χ3v) is 6.18. The molecule has 4 rings (SSSR count). The summed E-state index contributed by atoms with van der Waals surface area (Å²) in [4.78, 5) is 12.5. The normalized spacial score (nSPS) is 18.0. The van der Waals surface area contributed by atoms with Gasteiger partial charge in [0.2, 0.25) is 5.28 Å². The smallest absolute Gasteiger partial charge is 0.225 e. The SMILES string of the molecule is CCc1ccc(-c2csc3nc(Cl)nc(N4CCCCC4C)c23)cc1. The van der Waals surface area contributed by atoms with E-state index in [0.29, 0.717) is 11.3 Å². The van der Waals surface area contributed by atoms with Crippen molar-refractivity contribution < 1.29 is 0 Å². The van der Waals surface area contributed by atoms with Crippen molar-refractivity contribution in [3.8, 4) is 11.1 Å². The van der Waals surface area contributed by atoms with Crippen LogP contribution in [0, 0.1) is 0 Å². The van der Waals surface area contributed by atoms with E-state index in [0.717, 1.165) is 29.0 Å². The van der Waals surface area contributed by atoms with Crippen LogP contribution < -0.4 is 4.90 Å². The van der Waals surface area contributed by atoms with Crippen LogP contribution in [0.3, 0.4) is 0 Å². The average Bonchev–Trinajstić information content (AvgIpc) is 3.05. The summed E-state index contributed by atoms with van der Waals surface area (Å²) in [5.41, 5.74) is 3.79. The lowest BCUT2D eigenvalue weighted by Crippen LogP contribution is -2.38. The molecule has 3 nitrogen and oxygen atoms in total. The Kier molecular flexibility index (Phi) is 4.65. The summed E-state index contributed by atoms with van der Waals surface area (Å²) < 4.78 is 0. The number of nitrogens with zero attached hydrogens (tertiary/aromatic N) is 3. The van der Waals surface area contributed by atoms with Gasteiger partial charge in [0.1, 0.15) is 10.6 Å². The minimum atomic E-state index is 0.343. The van der Waals surface area contributed by atoms with Crippen molar-refractivity contribution in [1.29, 1.82) is 0 Å². The minimum Gasteiger partial charge on any atom is -0.353 e. The highest BCUT2D eigenvalue weighted by molar-refractivity contribution is 7.17. The first-order valence-electron chi connectivity index (χ1n) is 8.98. The number of benzene rings is 1. The van der Waals surface area contributed by atoms with Crippen molar-refractivity contribution >= 4 is 39.0 Å².